The van der Waals surface area contributed by atoms with Gasteiger partial charge in [-0.15, -0.1) is 0 Å². The van der Waals surface area contributed by atoms with Crippen LogP contribution in [0.15, 0.2) is 42.5 Å². The molecule has 0 aliphatic carbocycles. The summed E-state index contributed by atoms with van der Waals surface area (Å²) < 4.78 is 20.7. The van der Waals surface area contributed by atoms with Crippen molar-refractivity contribution < 1.29 is 18.4 Å². The summed E-state index contributed by atoms with van der Waals surface area (Å²) in [4.78, 5) is 28.7. The van der Waals surface area contributed by atoms with Crippen LogP contribution in [-0.2, 0) is 23.3 Å². The molecule has 1 aromatic heterocycles. The molecular formula is C18H17N3O4S2. The Labute approximate surface area is 162 Å². The SMILES string of the molecule is CCc1ccccc1C(=O)NC(=O)Nc1nc2ccc(CS(=O)O)cc2s1. The van der Waals surface area contributed by atoms with E-state index in [0.29, 0.717) is 28.2 Å². The Bertz CT molecular complexity index is 1030. The predicted molar refractivity (Wildman–Crippen MR) is 106 cm³/mol. The molecule has 3 amide bonds. The molecule has 0 aliphatic heterocycles. The van der Waals surface area contributed by atoms with E-state index in [-0.39, 0.29) is 5.75 Å². The number of benzene rings is 2. The van der Waals surface area contributed by atoms with Gasteiger partial charge in [-0.2, -0.15) is 0 Å². The first kappa shape index (κ1) is 19.2. The monoisotopic (exact) mass is 403 g/mol. The molecule has 1 unspecified atom stereocenters. The van der Waals surface area contributed by atoms with E-state index in [1.807, 2.05) is 19.1 Å². The normalized spacial score (nSPS) is 11.9. The smallest absolute Gasteiger partial charge is 0.306 e. The van der Waals surface area contributed by atoms with E-state index in [9.17, 15) is 13.8 Å². The van der Waals surface area contributed by atoms with Crippen LogP contribution in [0.2, 0.25) is 0 Å². The summed E-state index contributed by atoms with van der Waals surface area (Å²) in [6.45, 7) is 1.94. The van der Waals surface area contributed by atoms with Crippen LogP contribution >= 0.6 is 11.3 Å². The first-order valence-corrected chi connectivity index (χ1v) is 10.2. The third kappa shape index (κ3) is 4.76. The molecule has 0 fully saturated rings. The van der Waals surface area contributed by atoms with E-state index in [1.165, 1.54) is 11.3 Å². The molecule has 0 aliphatic rings. The topological polar surface area (TPSA) is 108 Å². The zero-order chi connectivity index (χ0) is 19.4. The Hall–Kier alpha value is -2.62. The van der Waals surface area contributed by atoms with Gasteiger partial charge >= 0.3 is 6.03 Å². The number of carbonyl (C=O) groups is 2. The number of aryl methyl sites for hydroxylation is 1. The summed E-state index contributed by atoms with van der Waals surface area (Å²) in [5.41, 5.74) is 2.68. The summed E-state index contributed by atoms with van der Waals surface area (Å²) in [5, 5.41) is 5.20. The van der Waals surface area contributed by atoms with Crippen LogP contribution in [-0.4, -0.2) is 25.7 Å². The summed E-state index contributed by atoms with van der Waals surface area (Å²) in [5.74, 6) is -0.443. The molecule has 0 spiro atoms. The van der Waals surface area contributed by atoms with Crippen LogP contribution in [0, 0.1) is 0 Å². The Kier molecular flexibility index (Phi) is 5.94. The molecule has 140 valence electrons. The van der Waals surface area contributed by atoms with Crippen LogP contribution in [0.3, 0.4) is 0 Å². The molecule has 27 heavy (non-hydrogen) atoms. The fourth-order valence-electron chi connectivity index (χ4n) is 2.60. The van der Waals surface area contributed by atoms with E-state index in [4.69, 9.17) is 4.55 Å². The van der Waals surface area contributed by atoms with Crippen molar-refractivity contribution in [3.8, 4) is 0 Å². The van der Waals surface area contributed by atoms with Gasteiger partial charge in [0.1, 0.15) is 0 Å². The van der Waals surface area contributed by atoms with E-state index >= 15 is 0 Å². The summed E-state index contributed by atoms with van der Waals surface area (Å²) in [6, 6.07) is 11.6. The number of imide groups is 1. The number of nitrogens with zero attached hydrogens (tertiary/aromatic N) is 1. The van der Waals surface area contributed by atoms with Crippen molar-refractivity contribution in [2.75, 3.05) is 5.32 Å². The summed E-state index contributed by atoms with van der Waals surface area (Å²) >= 11 is -0.700. The molecule has 7 nitrogen and oxygen atoms in total. The average molecular weight is 403 g/mol. The number of anilines is 1. The van der Waals surface area contributed by atoms with Crippen molar-refractivity contribution >= 4 is 49.7 Å². The van der Waals surface area contributed by atoms with Crippen molar-refractivity contribution in [1.29, 1.82) is 0 Å². The largest absolute Gasteiger partial charge is 0.327 e. The van der Waals surface area contributed by atoms with Crippen molar-refractivity contribution in [2.45, 2.75) is 19.1 Å². The second-order valence-electron chi connectivity index (χ2n) is 5.71. The third-order valence-electron chi connectivity index (χ3n) is 3.83. The first-order valence-electron chi connectivity index (χ1n) is 8.13. The maximum absolute atomic E-state index is 12.3. The highest BCUT2D eigenvalue weighted by Gasteiger charge is 2.15. The molecule has 0 saturated heterocycles. The van der Waals surface area contributed by atoms with Crippen molar-refractivity contribution in [3.05, 3.63) is 59.2 Å². The van der Waals surface area contributed by atoms with E-state index in [2.05, 4.69) is 15.6 Å². The Morgan fingerprint density at radius 1 is 1.22 bits per heavy atom. The Morgan fingerprint density at radius 2 is 2.00 bits per heavy atom. The summed E-state index contributed by atoms with van der Waals surface area (Å²) in [6.07, 6.45) is 0.685. The third-order valence-corrected chi connectivity index (χ3v) is 5.35. The minimum atomic E-state index is -1.92. The molecule has 0 saturated carbocycles. The standard InChI is InChI=1S/C18H17N3O4S2/c1-2-12-5-3-4-6-13(12)16(22)20-17(23)21-18-19-14-8-7-11(10-27(24)25)9-15(14)26-18/h3-9H,2,10H2,1H3,(H,24,25)(H2,19,20,21,22,23). The lowest BCUT2D eigenvalue weighted by Crippen LogP contribution is -2.34. The van der Waals surface area contributed by atoms with Gasteiger partial charge in [-0.25, -0.2) is 14.0 Å². The number of thiazole rings is 1. The second kappa shape index (κ2) is 8.38. The van der Waals surface area contributed by atoms with Crippen molar-refractivity contribution in [3.63, 3.8) is 0 Å². The quantitative estimate of drug-likeness (QED) is 0.565. The number of carbonyl (C=O) groups excluding carboxylic acids is 2. The lowest BCUT2D eigenvalue weighted by atomic mass is 10.1. The predicted octanol–water partition coefficient (Wildman–Crippen LogP) is 3.54. The van der Waals surface area contributed by atoms with Gasteiger partial charge in [0.2, 0.25) is 0 Å². The molecule has 2 aromatic carbocycles. The van der Waals surface area contributed by atoms with Crippen LogP contribution in [0.25, 0.3) is 10.2 Å². The molecule has 0 radical (unpaired) electrons. The van der Waals surface area contributed by atoms with Crippen molar-refractivity contribution in [1.82, 2.24) is 10.3 Å². The zero-order valence-electron chi connectivity index (χ0n) is 14.4. The number of hydrogen-bond acceptors (Lipinski definition) is 5. The number of fused-ring (bicyclic) bond motifs is 1. The lowest BCUT2D eigenvalue weighted by Gasteiger charge is -2.07. The molecule has 3 rings (SSSR count). The highest BCUT2D eigenvalue weighted by atomic mass is 32.2. The van der Waals surface area contributed by atoms with Gasteiger partial charge in [0, 0.05) is 5.56 Å². The molecule has 1 heterocycles. The van der Waals surface area contributed by atoms with Crippen LogP contribution in [0.1, 0.15) is 28.4 Å². The van der Waals surface area contributed by atoms with Gasteiger partial charge in [0.15, 0.2) is 16.2 Å². The van der Waals surface area contributed by atoms with E-state index in [0.717, 1.165) is 10.3 Å². The van der Waals surface area contributed by atoms with Gasteiger partial charge in [-0.1, -0.05) is 42.5 Å². The lowest BCUT2D eigenvalue weighted by molar-refractivity contribution is 0.0966. The number of urea groups is 1. The molecule has 3 N–H and O–H groups in total. The van der Waals surface area contributed by atoms with Crippen LogP contribution in [0.4, 0.5) is 9.93 Å². The maximum Gasteiger partial charge on any atom is 0.327 e. The molecule has 9 heteroatoms. The van der Waals surface area contributed by atoms with Gasteiger partial charge in [0.25, 0.3) is 5.91 Å². The Balaban J connectivity index is 1.70. The van der Waals surface area contributed by atoms with Gasteiger partial charge in [0.05, 0.1) is 16.0 Å². The molecule has 0 bridgehead atoms. The molecule has 3 aromatic rings. The van der Waals surface area contributed by atoms with Crippen LogP contribution < -0.4 is 10.6 Å². The number of aromatic nitrogens is 1. The molecule has 1 atom stereocenters. The minimum Gasteiger partial charge on any atom is -0.306 e. The first-order chi connectivity index (χ1) is 13.0. The number of hydrogen-bond donors (Lipinski definition) is 3. The second-order valence-corrected chi connectivity index (χ2v) is 7.67. The van der Waals surface area contributed by atoms with Gasteiger partial charge in [-0.05, 0) is 35.7 Å². The maximum atomic E-state index is 12.3. The van der Waals surface area contributed by atoms with Gasteiger partial charge in [-0.3, -0.25) is 15.4 Å². The average Bonchev–Trinajstić information content (AvgIpc) is 3.02. The van der Waals surface area contributed by atoms with Crippen molar-refractivity contribution in [2.24, 2.45) is 0 Å². The highest BCUT2D eigenvalue weighted by Crippen LogP contribution is 2.27. The fraction of sp³-hybridized carbons (Fsp3) is 0.167. The van der Waals surface area contributed by atoms with E-state index < -0.39 is 23.0 Å². The highest BCUT2D eigenvalue weighted by molar-refractivity contribution is 7.78. The fourth-order valence-corrected chi connectivity index (χ4v) is 3.99. The molecular weight excluding hydrogens is 386 g/mol. The Morgan fingerprint density at radius 3 is 2.74 bits per heavy atom. The van der Waals surface area contributed by atoms with Crippen LogP contribution in [0.5, 0.6) is 0 Å². The number of nitrogens with one attached hydrogen (secondary N) is 2. The van der Waals surface area contributed by atoms with E-state index in [1.54, 1.807) is 30.3 Å². The number of amides is 3. The summed E-state index contributed by atoms with van der Waals surface area (Å²) in [7, 11) is 0. The minimum absolute atomic E-state index is 0.0302. The zero-order valence-corrected chi connectivity index (χ0v) is 16.0. The van der Waals surface area contributed by atoms with Gasteiger partial charge < -0.3 is 4.55 Å². The number of rotatable bonds is 5.